The van der Waals surface area contributed by atoms with Gasteiger partial charge in [0.15, 0.2) is 6.61 Å². The number of allylic oxidation sites excluding steroid dienone is 2. The highest BCUT2D eigenvalue weighted by molar-refractivity contribution is 5.96. The number of hydrogen-bond acceptors (Lipinski definition) is 4. The molecule has 0 saturated heterocycles. The Hall–Kier alpha value is -2.89. The molecule has 1 amide bonds. The lowest BCUT2D eigenvalue weighted by molar-refractivity contribution is -0.128. The van der Waals surface area contributed by atoms with Crippen molar-refractivity contribution in [3.63, 3.8) is 0 Å². The second-order valence-electron chi connectivity index (χ2n) is 13.1. The Balaban J connectivity index is 1.02. The molecule has 6 atom stereocenters. The van der Waals surface area contributed by atoms with Crippen LogP contribution in [0.5, 0.6) is 0 Å². The SMILES string of the molecule is CC(=O)C1CCC2C3CCC4=CC(=NOCC(=O)NCCc5cc6ccccc6[nH]5)CCC4(C)C3CCC12C. The molecule has 4 aliphatic rings. The first kappa shape index (κ1) is 26.3. The summed E-state index contributed by atoms with van der Waals surface area (Å²) in [4.78, 5) is 33.6. The number of Topliss-reactive ketones (excluding diaryl/α,β-unsaturated/α-hetero) is 1. The summed E-state index contributed by atoms with van der Waals surface area (Å²) in [5.74, 6) is 2.65. The van der Waals surface area contributed by atoms with Crippen LogP contribution in [0.3, 0.4) is 0 Å². The van der Waals surface area contributed by atoms with Gasteiger partial charge in [-0.05, 0) is 110 Å². The van der Waals surface area contributed by atoms with Crippen LogP contribution in [0.2, 0.25) is 0 Å². The summed E-state index contributed by atoms with van der Waals surface area (Å²) < 4.78 is 0. The maximum atomic E-state index is 12.4. The molecule has 0 spiro atoms. The number of rotatable bonds is 7. The first-order chi connectivity index (χ1) is 18.8. The van der Waals surface area contributed by atoms with Gasteiger partial charge in [-0.25, -0.2) is 0 Å². The van der Waals surface area contributed by atoms with Gasteiger partial charge in [-0.1, -0.05) is 42.8 Å². The second kappa shape index (κ2) is 10.3. The molecule has 39 heavy (non-hydrogen) atoms. The number of benzene rings is 1. The number of aromatic nitrogens is 1. The van der Waals surface area contributed by atoms with Gasteiger partial charge >= 0.3 is 0 Å². The lowest BCUT2D eigenvalue weighted by Gasteiger charge is -2.58. The lowest BCUT2D eigenvalue weighted by atomic mass is 9.46. The number of fused-ring (bicyclic) bond motifs is 6. The molecule has 4 aliphatic carbocycles. The van der Waals surface area contributed by atoms with E-state index < -0.39 is 0 Å². The number of aromatic amines is 1. The molecule has 208 valence electrons. The molecule has 6 unspecified atom stereocenters. The van der Waals surface area contributed by atoms with Gasteiger partial charge in [0.1, 0.15) is 5.78 Å². The molecule has 0 aliphatic heterocycles. The average Bonchev–Trinajstić information content (AvgIpc) is 3.49. The smallest absolute Gasteiger partial charge is 0.260 e. The summed E-state index contributed by atoms with van der Waals surface area (Å²) in [6.07, 6.45) is 12.1. The van der Waals surface area contributed by atoms with E-state index in [0.717, 1.165) is 54.9 Å². The maximum absolute atomic E-state index is 12.4. The molecule has 0 radical (unpaired) electrons. The third-order valence-corrected chi connectivity index (χ3v) is 11.1. The number of amides is 1. The van der Waals surface area contributed by atoms with E-state index >= 15 is 0 Å². The molecule has 2 aromatic rings. The number of hydrogen-bond donors (Lipinski definition) is 2. The van der Waals surface area contributed by atoms with E-state index in [1.807, 2.05) is 19.1 Å². The first-order valence-corrected chi connectivity index (χ1v) is 15.0. The van der Waals surface area contributed by atoms with E-state index in [9.17, 15) is 9.59 Å². The van der Waals surface area contributed by atoms with E-state index in [0.29, 0.717) is 24.2 Å². The predicted octanol–water partition coefficient (Wildman–Crippen LogP) is 6.37. The molecule has 1 aromatic heterocycles. The van der Waals surface area contributed by atoms with Gasteiger partial charge in [-0.2, -0.15) is 0 Å². The van der Waals surface area contributed by atoms with E-state index in [4.69, 9.17) is 4.84 Å². The molecule has 2 N–H and O–H groups in total. The molecule has 6 heteroatoms. The lowest BCUT2D eigenvalue weighted by Crippen LogP contribution is -2.51. The van der Waals surface area contributed by atoms with Gasteiger partial charge in [0.25, 0.3) is 5.91 Å². The number of para-hydroxylation sites is 1. The van der Waals surface area contributed by atoms with Crippen LogP contribution in [-0.4, -0.2) is 35.5 Å². The van der Waals surface area contributed by atoms with Crippen LogP contribution < -0.4 is 5.32 Å². The number of carbonyl (C=O) groups is 2. The molecule has 1 aromatic carbocycles. The predicted molar refractivity (Wildman–Crippen MR) is 154 cm³/mol. The van der Waals surface area contributed by atoms with Crippen molar-refractivity contribution < 1.29 is 14.4 Å². The molecule has 0 bridgehead atoms. The van der Waals surface area contributed by atoms with Gasteiger partial charge < -0.3 is 15.1 Å². The fraction of sp³-hybridized carbons (Fsp3) is 0.606. The zero-order valence-electron chi connectivity index (χ0n) is 23.7. The fourth-order valence-electron chi connectivity index (χ4n) is 9.14. The van der Waals surface area contributed by atoms with Crippen molar-refractivity contribution in [1.82, 2.24) is 10.3 Å². The van der Waals surface area contributed by atoms with Gasteiger partial charge in [0.2, 0.25) is 0 Å². The highest BCUT2D eigenvalue weighted by atomic mass is 16.6. The Morgan fingerprint density at radius 3 is 2.74 bits per heavy atom. The highest BCUT2D eigenvalue weighted by Crippen LogP contribution is 2.66. The summed E-state index contributed by atoms with van der Waals surface area (Å²) in [5, 5.41) is 8.50. The first-order valence-electron chi connectivity index (χ1n) is 15.0. The normalized spacial score (nSPS) is 34.6. The Bertz CT molecular complexity index is 1290. The number of H-pyrrole nitrogens is 1. The summed E-state index contributed by atoms with van der Waals surface area (Å²) in [6, 6.07) is 10.3. The van der Waals surface area contributed by atoms with Crippen LogP contribution in [0.4, 0.5) is 0 Å². The Morgan fingerprint density at radius 2 is 1.92 bits per heavy atom. The number of nitrogens with zero attached hydrogens (tertiary/aromatic N) is 1. The van der Waals surface area contributed by atoms with Gasteiger partial charge in [-0.3, -0.25) is 9.59 Å². The topological polar surface area (TPSA) is 83.5 Å². The average molecular weight is 530 g/mol. The number of carbonyl (C=O) groups excluding carboxylic acids is 2. The molecule has 6 rings (SSSR count). The zero-order valence-corrected chi connectivity index (χ0v) is 23.7. The number of nitrogens with one attached hydrogen (secondary N) is 2. The van der Waals surface area contributed by atoms with Crippen LogP contribution in [0.25, 0.3) is 10.9 Å². The minimum Gasteiger partial charge on any atom is -0.385 e. The molecule has 3 saturated carbocycles. The minimum absolute atomic E-state index is 0.0566. The van der Waals surface area contributed by atoms with Crippen molar-refractivity contribution >= 4 is 28.3 Å². The van der Waals surface area contributed by atoms with Crippen molar-refractivity contribution in [3.8, 4) is 0 Å². The summed E-state index contributed by atoms with van der Waals surface area (Å²) in [6.45, 7) is 7.21. The standard InChI is InChI=1S/C33H43N3O3/c1-21(37)27-10-11-28-26-9-8-23-19-25(12-15-32(23,2)29(26)13-16-33(27,28)3)36-39-20-31(38)34-17-14-24-18-22-6-4-5-7-30(22)35-24/h4-7,18-19,26-29,35H,8-17,20H2,1-3H3,(H,34,38). The van der Waals surface area contributed by atoms with E-state index in [-0.39, 0.29) is 29.3 Å². The molecular formula is C33H43N3O3. The van der Waals surface area contributed by atoms with Crippen molar-refractivity contribution in [2.75, 3.05) is 13.2 Å². The van der Waals surface area contributed by atoms with E-state index in [2.05, 4.69) is 53.6 Å². The van der Waals surface area contributed by atoms with Gasteiger partial charge in [0, 0.05) is 30.1 Å². The van der Waals surface area contributed by atoms with Crippen molar-refractivity contribution in [1.29, 1.82) is 0 Å². The minimum atomic E-state index is -0.144. The Morgan fingerprint density at radius 1 is 1.08 bits per heavy atom. The Kier molecular flexibility index (Phi) is 6.93. The van der Waals surface area contributed by atoms with Crippen LogP contribution in [0.1, 0.15) is 77.8 Å². The van der Waals surface area contributed by atoms with Crippen molar-refractivity contribution in [2.24, 2.45) is 39.7 Å². The van der Waals surface area contributed by atoms with Crippen LogP contribution in [-0.2, 0) is 20.8 Å². The summed E-state index contributed by atoms with van der Waals surface area (Å²) in [7, 11) is 0. The van der Waals surface area contributed by atoms with Crippen molar-refractivity contribution in [2.45, 2.75) is 78.6 Å². The second-order valence-corrected chi connectivity index (χ2v) is 13.1. The van der Waals surface area contributed by atoms with Crippen molar-refractivity contribution in [3.05, 3.63) is 47.7 Å². The summed E-state index contributed by atoms with van der Waals surface area (Å²) in [5.41, 5.74) is 5.13. The van der Waals surface area contributed by atoms with E-state index in [1.54, 1.807) is 0 Å². The van der Waals surface area contributed by atoms with Gasteiger partial charge in [0.05, 0.1) is 5.71 Å². The van der Waals surface area contributed by atoms with Crippen LogP contribution in [0.15, 0.2) is 47.1 Å². The number of oxime groups is 1. The molecule has 6 nitrogen and oxygen atoms in total. The number of ketones is 1. The zero-order chi connectivity index (χ0) is 27.2. The summed E-state index contributed by atoms with van der Waals surface area (Å²) >= 11 is 0. The monoisotopic (exact) mass is 529 g/mol. The maximum Gasteiger partial charge on any atom is 0.260 e. The van der Waals surface area contributed by atoms with Crippen LogP contribution >= 0.6 is 0 Å². The quantitative estimate of drug-likeness (QED) is 0.409. The third kappa shape index (κ3) is 4.74. The molecular weight excluding hydrogens is 486 g/mol. The molecule has 3 fully saturated rings. The van der Waals surface area contributed by atoms with E-state index in [1.165, 1.54) is 36.6 Å². The van der Waals surface area contributed by atoms with Gasteiger partial charge in [-0.15, -0.1) is 0 Å². The van der Waals surface area contributed by atoms with Crippen LogP contribution in [0, 0.1) is 34.5 Å². The Labute approximate surface area is 232 Å². The highest BCUT2D eigenvalue weighted by Gasteiger charge is 2.59. The molecule has 1 heterocycles. The largest absolute Gasteiger partial charge is 0.385 e. The third-order valence-electron chi connectivity index (χ3n) is 11.1. The fourth-order valence-corrected chi connectivity index (χ4v) is 9.14.